The first kappa shape index (κ1) is 12.0. The van der Waals surface area contributed by atoms with Crippen molar-refractivity contribution in [2.24, 2.45) is 5.92 Å². The summed E-state index contributed by atoms with van der Waals surface area (Å²) in [5.74, 6) is 0.967. The van der Waals surface area contributed by atoms with Gasteiger partial charge in [0.2, 0.25) is 0 Å². The maximum absolute atomic E-state index is 3.67. The Bertz CT molecular complexity index is 137. The average molecular weight is 198 g/mol. The van der Waals surface area contributed by atoms with E-state index in [4.69, 9.17) is 0 Å². The molecule has 0 atom stereocenters. The Morgan fingerprint density at radius 2 is 1.79 bits per heavy atom. The molecule has 0 aromatic carbocycles. The number of hydrogen-bond donors (Lipinski definition) is 1. The minimum absolute atomic E-state index is 0.813. The van der Waals surface area contributed by atoms with Gasteiger partial charge in [0.05, 0.1) is 0 Å². The SMILES string of the molecule is CC1CCC(NCCCN(C)C)CC1. The van der Waals surface area contributed by atoms with Crippen molar-refractivity contribution < 1.29 is 0 Å². The van der Waals surface area contributed by atoms with Gasteiger partial charge in [-0.05, 0) is 65.2 Å². The van der Waals surface area contributed by atoms with Gasteiger partial charge in [0.25, 0.3) is 0 Å². The van der Waals surface area contributed by atoms with Crippen molar-refractivity contribution in [1.82, 2.24) is 10.2 Å². The van der Waals surface area contributed by atoms with E-state index < -0.39 is 0 Å². The molecule has 0 spiro atoms. The van der Waals surface area contributed by atoms with Gasteiger partial charge in [0.1, 0.15) is 0 Å². The molecule has 2 heteroatoms. The Morgan fingerprint density at radius 3 is 2.36 bits per heavy atom. The van der Waals surface area contributed by atoms with E-state index in [1.54, 1.807) is 0 Å². The van der Waals surface area contributed by atoms with E-state index in [0.717, 1.165) is 12.0 Å². The van der Waals surface area contributed by atoms with Gasteiger partial charge >= 0.3 is 0 Å². The maximum Gasteiger partial charge on any atom is 0.00672 e. The summed E-state index contributed by atoms with van der Waals surface area (Å²) in [5, 5.41) is 3.67. The van der Waals surface area contributed by atoms with Gasteiger partial charge in [-0.2, -0.15) is 0 Å². The fraction of sp³-hybridized carbons (Fsp3) is 1.00. The standard InChI is InChI=1S/C12H26N2/c1-11-5-7-12(8-6-11)13-9-4-10-14(2)3/h11-13H,4-10H2,1-3H3. The van der Waals surface area contributed by atoms with E-state index in [1.807, 2.05) is 0 Å². The second-order valence-electron chi connectivity index (χ2n) is 5.07. The van der Waals surface area contributed by atoms with E-state index >= 15 is 0 Å². The summed E-state index contributed by atoms with van der Waals surface area (Å²) in [6, 6.07) is 0.813. The third-order valence-corrected chi connectivity index (χ3v) is 3.23. The molecule has 0 aromatic rings. The molecule has 1 aliphatic rings. The van der Waals surface area contributed by atoms with Crippen LogP contribution in [0.2, 0.25) is 0 Å². The van der Waals surface area contributed by atoms with Crippen LogP contribution in [0.25, 0.3) is 0 Å². The molecule has 0 amide bonds. The molecule has 1 aliphatic carbocycles. The summed E-state index contributed by atoms with van der Waals surface area (Å²) in [4.78, 5) is 2.25. The van der Waals surface area contributed by atoms with Gasteiger partial charge in [0.15, 0.2) is 0 Å². The Balaban J connectivity index is 1.96. The predicted octanol–water partition coefficient (Wildman–Crippen LogP) is 2.11. The van der Waals surface area contributed by atoms with Crippen molar-refractivity contribution in [3.8, 4) is 0 Å². The van der Waals surface area contributed by atoms with E-state index in [2.05, 4.69) is 31.2 Å². The lowest BCUT2D eigenvalue weighted by Crippen LogP contribution is -2.34. The quantitative estimate of drug-likeness (QED) is 0.681. The summed E-state index contributed by atoms with van der Waals surface area (Å²) in [6.07, 6.45) is 6.90. The van der Waals surface area contributed by atoms with E-state index in [1.165, 1.54) is 45.2 Å². The molecule has 0 heterocycles. The van der Waals surface area contributed by atoms with Crippen molar-refractivity contribution in [3.63, 3.8) is 0 Å². The van der Waals surface area contributed by atoms with Crippen molar-refractivity contribution in [3.05, 3.63) is 0 Å². The number of hydrogen-bond acceptors (Lipinski definition) is 2. The normalized spacial score (nSPS) is 28.3. The molecule has 0 aromatic heterocycles. The molecule has 1 N–H and O–H groups in total. The van der Waals surface area contributed by atoms with Crippen LogP contribution in [-0.2, 0) is 0 Å². The van der Waals surface area contributed by atoms with E-state index in [0.29, 0.717) is 0 Å². The predicted molar refractivity (Wildman–Crippen MR) is 62.6 cm³/mol. The zero-order chi connectivity index (χ0) is 10.4. The number of rotatable bonds is 5. The highest BCUT2D eigenvalue weighted by molar-refractivity contribution is 4.75. The highest BCUT2D eigenvalue weighted by atomic mass is 15.1. The molecule has 84 valence electrons. The van der Waals surface area contributed by atoms with Crippen LogP contribution in [0.5, 0.6) is 0 Å². The van der Waals surface area contributed by atoms with Crippen LogP contribution in [0.3, 0.4) is 0 Å². The molecule has 14 heavy (non-hydrogen) atoms. The topological polar surface area (TPSA) is 15.3 Å². The molecule has 2 nitrogen and oxygen atoms in total. The largest absolute Gasteiger partial charge is 0.314 e. The molecule has 1 saturated carbocycles. The molecule has 0 aliphatic heterocycles. The van der Waals surface area contributed by atoms with Crippen LogP contribution in [0.4, 0.5) is 0 Å². The van der Waals surface area contributed by atoms with Gasteiger partial charge in [-0.15, -0.1) is 0 Å². The van der Waals surface area contributed by atoms with E-state index in [9.17, 15) is 0 Å². The first-order valence-electron chi connectivity index (χ1n) is 6.06. The molecule has 0 radical (unpaired) electrons. The fourth-order valence-corrected chi connectivity index (χ4v) is 2.17. The minimum Gasteiger partial charge on any atom is -0.314 e. The minimum atomic E-state index is 0.813. The molecular weight excluding hydrogens is 172 g/mol. The Morgan fingerprint density at radius 1 is 1.14 bits per heavy atom. The van der Waals surface area contributed by atoms with Gasteiger partial charge < -0.3 is 10.2 Å². The highest BCUT2D eigenvalue weighted by Gasteiger charge is 2.16. The first-order valence-corrected chi connectivity index (χ1v) is 6.06. The molecule has 0 saturated heterocycles. The molecule has 0 unspecified atom stereocenters. The van der Waals surface area contributed by atoms with Gasteiger partial charge in [0, 0.05) is 6.04 Å². The highest BCUT2D eigenvalue weighted by Crippen LogP contribution is 2.23. The van der Waals surface area contributed by atoms with Crippen LogP contribution in [0.1, 0.15) is 39.0 Å². The smallest absolute Gasteiger partial charge is 0.00672 e. The molecule has 1 fully saturated rings. The van der Waals surface area contributed by atoms with Crippen LogP contribution in [0.15, 0.2) is 0 Å². The lowest BCUT2D eigenvalue weighted by Gasteiger charge is -2.27. The maximum atomic E-state index is 3.67. The lowest BCUT2D eigenvalue weighted by atomic mass is 9.87. The Kier molecular flexibility index (Phi) is 5.49. The van der Waals surface area contributed by atoms with Crippen molar-refractivity contribution in [2.45, 2.75) is 45.1 Å². The molecule has 0 bridgehead atoms. The van der Waals surface area contributed by atoms with E-state index in [-0.39, 0.29) is 0 Å². The molecule has 1 rings (SSSR count). The first-order chi connectivity index (χ1) is 6.68. The summed E-state index contributed by atoms with van der Waals surface area (Å²) < 4.78 is 0. The summed E-state index contributed by atoms with van der Waals surface area (Å²) in [7, 11) is 4.28. The number of nitrogens with one attached hydrogen (secondary N) is 1. The van der Waals surface area contributed by atoms with Gasteiger partial charge in [-0.25, -0.2) is 0 Å². The second kappa shape index (κ2) is 6.41. The van der Waals surface area contributed by atoms with Crippen LogP contribution in [0, 0.1) is 5.92 Å². The third-order valence-electron chi connectivity index (χ3n) is 3.23. The van der Waals surface area contributed by atoms with Crippen LogP contribution >= 0.6 is 0 Å². The Hall–Kier alpha value is -0.0800. The summed E-state index contributed by atoms with van der Waals surface area (Å²) in [6.45, 7) is 4.77. The monoisotopic (exact) mass is 198 g/mol. The molecular formula is C12H26N2. The fourth-order valence-electron chi connectivity index (χ4n) is 2.17. The lowest BCUT2D eigenvalue weighted by molar-refractivity contribution is 0.301. The number of nitrogens with zero attached hydrogens (tertiary/aromatic N) is 1. The third kappa shape index (κ3) is 4.97. The van der Waals surface area contributed by atoms with Gasteiger partial charge in [-0.3, -0.25) is 0 Å². The second-order valence-corrected chi connectivity index (χ2v) is 5.07. The van der Waals surface area contributed by atoms with Crippen molar-refractivity contribution in [1.29, 1.82) is 0 Å². The van der Waals surface area contributed by atoms with Crippen LogP contribution in [-0.4, -0.2) is 38.1 Å². The Labute approximate surface area is 89.1 Å². The zero-order valence-electron chi connectivity index (χ0n) is 10.1. The average Bonchev–Trinajstić information content (AvgIpc) is 2.15. The van der Waals surface area contributed by atoms with Crippen molar-refractivity contribution in [2.75, 3.05) is 27.2 Å². The zero-order valence-corrected chi connectivity index (χ0v) is 10.1. The summed E-state index contributed by atoms with van der Waals surface area (Å²) >= 11 is 0. The van der Waals surface area contributed by atoms with Crippen molar-refractivity contribution >= 4 is 0 Å². The van der Waals surface area contributed by atoms with Crippen LogP contribution < -0.4 is 5.32 Å². The summed E-state index contributed by atoms with van der Waals surface area (Å²) in [5.41, 5.74) is 0. The van der Waals surface area contributed by atoms with Gasteiger partial charge in [-0.1, -0.05) is 6.92 Å².